The third-order valence-corrected chi connectivity index (χ3v) is 2.57. The number of imidazole rings is 1. The first-order chi connectivity index (χ1) is 6.33. The monoisotopic (exact) mass is 199 g/mol. The molecule has 1 rings (SSSR count). The summed E-state index contributed by atoms with van der Waals surface area (Å²) < 4.78 is 0. The van der Waals surface area contributed by atoms with Gasteiger partial charge in [-0.3, -0.25) is 0 Å². The first-order valence-corrected chi connectivity index (χ1v) is 5.93. The SMILES string of the molecule is CSCCC(C)NCc1ncc[nH]1. The predicted octanol–water partition coefficient (Wildman–Crippen LogP) is 1.64. The minimum absolute atomic E-state index is 0.567. The van der Waals surface area contributed by atoms with Crippen LogP contribution in [0.5, 0.6) is 0 Å². The maximum atomic E-state index is 4.15. The summed E-state index contributed by atoms with van der Waals surface area (Å²) in [5, 5.41) is 3.41. The molecule has 0 aliphatic rings. The Morgan fingerprint density at radius 1 is 1.69 bits per heavy atom. The van der Waals surface area contributed by atoms with Crippen molar-refractivity contribution in [3.63, 3.8) is 0 Å². The number of aromatic nitrogens is 2. The second-order valence-electron chi connectivity index (χ2n) is 3.10. The number of H-pyrrole nitrogens is 1. The van der Waals surface area contributed by atoms with E-state index in [1.807, 2.05) is 18.0 Å². The third-order valence-electron chi connectivity index (χ3n) is 1.93. The summed E-state index contributed by atoms with van der Waals surface area (Å²) in [6, 6.07) is 0.567. The average molecular weight is 199 g/mol. The summed E-state index contributed by atoms with van der Waals surface area (Å²) in [5.74, 6) is 2.22. The van der Waals surface area contributed by atoms with E-state index in [2.05, 4.69) is 28.5 Å². The zero-order valence-corrected chi connectivity index (χ0v) is 9.03. The van der Waals surface area contributed by atoms with Crippen molar-refractivity contribution in [2.24, 2.45) is 0 Å². The summed E-state index contributed by atoms with van der Waals surface area (Å²) in [5.41, 5.74) is 0. The highest BCUT2D eigenvalue weighted by Gasteiger charge is 2.01. The smallest absolute Gasteiger partial charge is 0.120 e. The molecular weight excluding hydrogens is 182 g/mol. The molecule has 0 radical (unpaired) electrons. The van der Waals surface area contributed by atoms with E-state index in [0.717, 1.165) is 12.4 Å². The number of rotatable bonds is 6. The van der Waals surface area contributed by atoms with Crippen LogP contribution in [0.4, 0.5) is 0 Å². The molecule has 0 aromatic carbocycles. The Kier molecular flexibility index (Phi) is 4.93. The van der Waals surface area contributed by atoms with Gasteiger partial charge in [0.05, 0.1) is 6.54 Å². The van der Waals surface area contributed by atoms with Gasteiger partial charge in [-0.2, -0.15) is 11.8 Å². The quantitative estimate of drug-likeness (QED) is 0.732. The van der Waals surface area contributed by atoms with E-state index in [4.69, 9.17) is 0 Å². The van der Waals surface area contributed by atoms with E-state index >= 15 is 0 Å². The zero-order valence-electron chi connectivity index (χ0n) is 8.21. The van der Waals surface area contributed by atoms with Gasteiger partial charge in [0.2, 0.25) is 0 Å². The number of thioether (sulfide) groups is 1. The van der Waals surface area contributed by atoms with E-state index in [1.54, 1.807) is 6.20 Å². The molecule has 3 nitrogen and oxygen atoms in total. The molecular formula is C9H17N3S. The molecule has 0 bridgehead atoms. The highest BCUT2D eigenvalue weighted by atomic mass is 32.2. The topological polar surface area (TPSA) is 40.7 Å². The van der Waals surface area contributed by atoms with Crippen molar-refractivity contribution >= 4 is 11.8 Å². The fourth-order valence-electron chi connectivity index (χ4n) is 1.06. The first kappa shape index (κ1) is 10.6. The fraction of sp³-hybridized carbons (Fsp3) is 0.667. The normalized spacial score (nSPS) is 13.1. The van der Waals surface area contributed by atoms with Crippen LogP contribution in [-0.2, 0) is 6.54 Å². The van der Waals surface area contributed by atoms with Crippen LogP contribution in [0.1, 0.15) is 19.2 Å². The Bertz CT molecular complexity index is 211. The van der Waals surface area contributed by atoms with Gasteiger partial charge in [0, 0.05) is 18.4 Å². The van der Waals surface area contributed by atoms with Gasteiger partial charge in [0.15, 0.2) is 0 Å². The molecule has 0 fully saturated rings. The lowest BCUT2D eigenvalue weighted by atomic mass is 10.2. The number of nitrogens with zero attached hydrogens (tertiary/aromatic N) is 1. The molecule has 4 heteroatoms. The summed E-state index contributed by atoms with van der Waals surface area (Å²) >= 11 is 1.89. The molecule has 0 aliphatic carbocycles. The Morgan fingerprint density at radius 2 is 2.54 bits per heavy atom. The number of aromatic amines is 1. The fourth-order valence-corrected chi connectivity index (χ4v) is 1.65. The number of nitrogens with one attached hydrogen (secondary N) is 2. The number of hydrogen-bond donors (Lipinski definition) is 2. The van der Waals surface area contributed by atoms with Crippen LogP contribution in [0.2, 0.25) is 0 Å². The minimum atomic E-state index is 0.567. The molecule has 74 valence electrons. The summed E-state index contributed by atoms with van der Waals surface area (Å²) in [7, 11) is 0. The Morgan fingerprint density at radius 3 is 3.15 bits per heavy atom. The molecule has 1 atom stereocenters. The van der Waals surface area contributed by atoms with Crippen LogP contribution in [0.3, 0.4) is 0 Å². The lowest BCUT2D eigenvalue weighted by molar-refractivity contribution is 0.528. The maximum Gasteiger partial charge on any atom is 0.120 e. The third kappa shape index (κ3) is 4.33. The first-order valence-electron chi connectivity index (χ1n) is 4.53. The molecule has 0 saturated heterocycles. The largest absolute Gasteiger partial charge is 0.348 e. The lowest BCUT2D eigenvalue weighted by Gasteiger charge is -2.11. The molecule has 0 spiro atoms. The molecule has 1 unspecified atom stereocenters. The van der Waals surface area contributed by atoms with Gasteiger partial charge in [-0.1, -0.05) is 0 Å². The Balaban J connectivity index is 2.11. The molecule has 0 saturated carbocycles. The second kappa shape index (κ2) is 6.05. The van der Waals surface area contributed by atoms with Crippen molar-refractivity contribution < 1.29 is 0 Å². The minimum Gasteiger partial charge on any atom is -0.348 e. The lowest BCUT2D eigenvalue weighted by Crippen LogP contribution is -2.26. The number of hydrogen-bond acceptors (Lipinski definition) is 3. The highest BCUT2D eigenvalue weighted by Crippen LogP contribution is 2.00. The van der Waals surface area contributed by atoms with Gasteiger partial charge >= 0.3 is 0 Å². The van der Waals surface area contributed by atoms with Gasteiger partial charge in [0.1, 0.15) is 5.82 Å². The molecule has 0 amide bonds. The molecule has 1 aromatic heterocycles. The Labute approximate surface area is 83.7 Å². The van der Waals surface area contributed by atoms with E-state index in [0.29, 0.717) is 6.04 Å². The zero-order chi connectivity index (χ0) is 9.52. The van der Waals surface area contributed by atoms with Crippen LogP contribution in [-0.4, -0.2) is 28.0 Å². The average Bonchev–Trinajstić information content (AvgIpc) is 2.64. The van der Waals surface area contributed by atoms with E-state index < -0.39 is 0 Å². The maximum absolute atomic E-state index is 4.15. The van der Waals surface area contributed by atoms with Crippen molar-refractivity contribution in [3.05, 3.63) is 18.2 Å². The van der Waals surface area contributed by atoms with Gasteiger partial charge in [-0.25, -0.2) is 4.98 Å². The van der Waals surface area contributed by atoms with Crippen LogP contribution in [0.25, 0.3) is 0 Å². The van der Waals surface area contributed by atoms with Crippen molar-refractivity contribution in [3.8, 4) is 0 Å². The highest BCUT2D eigenvalue weighted by molar-refractivity contribution is 7.98. The Hall–Kier alpha value is -0.480. The summed E-state index contributed by atoms with van der Waals surface area (Å²) in [6.07, 6.45) is 6.98. The van der Waals surface area contributed by atoms with Crippen LogP contribution < -0.4 is 5.32 Å². The molecule has 2 N–H and O–H groups in total. The summed E-state index contributed by atoms with van der Waals surface area (Å²) in [6.45, 7) is 3.04. The van der Waals surface area contributed by atoms with E-state index in [1.165, 1.54) is 12.2 Å². The molecule has 13 heavy (non-hydrogen) atoms. The van der Waals surface area contributed by atoms with Crippen LogP contribution >= 0.6 is 11.8 Å². The van der Waals surface area contributed by atoms with Gasteiger partial charge in [-0.05, 0) is 25.4 Å². The van der Waals surface area contributed by atoms with Crippen molar-refractivity contribution in [2.45, 2.75) is 25.9 Å². The van der Waals surface area contributed by atoms with Crippen LogP contribution in [0, 0.1) is 0 Å². The van der Waals surface area contributed by atoms with Gasteiger partial charge < -0.3 is 10.3 Å². The predicted molar refractivity (Wildman–Crippen MR) is 57.9 cm³/mol. The molecule has 1 aromatic rings. The van der Waals surface area contributed by atoms with Crippen molar-refractivity contribution in [2.75, 3.05) is 12.0 Å². The van der Waals surface area contributed by atoms with Crippen molar-refractivity contribution in [1.29, 1.82) is 0 Å². The summed E-state index contributed by atoms with van der Waals surface area (Å²) in [4.78, 5) is 7.21. The second-order valence-corrected chi connectivity index (χ2v) is 4.08. The van der Waals surface area contributed by atoms with E-state index in [9.17, 15) is 0 Å². The van der Waals surface area contributed by atoms with Gasteiger partial charge in [-0.15, -0.1) is 0 Å². The molecule has 0 aliphatic heterocycles. The standard InChI is InChI=1S/C9H17N3S/c1-8(3-6-13-2)12-7-9-10-4-5-11-9/h4-5,8,12H,3,6-7H2,1-2H3,(H,10,11). The van der Waals surface area contributed by atoms with Crippen LogP contribution in [0.15, 0.2) is 12.4 Å². The van der Waals surface area contributed by atoms with Gasteiger partial charge in [0.25, 0.3) is 0 Å². The van der Waals surface area contributed by atoms with Crippen molar-refractivity contribution in [1.82, 2.24) is 15.3 Å². The molecule has 1 heterocycles. The van der Waals surface area contributed by atoms with E-state index in [-0.39, 0.29) is 0 Å².